The van der Waals surface area contributed by atoms with Crippen LogP contribution in [0.1, 0.15) is 77.6 Å². The molecule has 0 aliphatic carbocycles. The van der Waals surface area contributed by atoms with Gasteiger partial charge in [0.25, 0.3) is 0 Å². The molecule has 0 radical (unpaired) electrons. The van der Waals surface area contributed by atoms with Crippen molar-refractivity contribution in [2.24, 2.45) is 0 Å². The quantitative estimate of drug-likeness (QED) is 0.233. The van der Waals surface area contributed by atoms with Crippen LogP contribution in [0.3, 0.4) is 0 Å². The van der Waals surface area contributed by atoms with Gasteiger partial charge in [0.05, 0.1) is 0 Å². The highest BCUT2D eigenvalue weighted by molar-refractivity contribution is 7.79. The first kappa shape index (κ1) is 30.2. The Morgan fingerprint density at radius 2 is 1.15 bits per heavy atom. The monoisotopic (exact) mass is 398 g/mol. The number of nitrogens with one attached hydrogen (secondary N) is 1. The van der Waals surface area contributed by atoms with Crippen molar-refractivity contribution >= 4 is 16.7 Å². The van der Waals surface area contributed by atoms with Crippen LogP contribution in [0.4, 0.5) is 0 Å². The number of rotatable bonds is 14. The van der Waals surface area contributed by atoms with Gasteiger partial charge in [0.15, 0.2) is 0 Å². The van der Waals surface area contributed by atoms with Crippen molar-refractivity contribution in [3.05, 3.63) is 0 Å². The van der Waals surface area contributed by atoms with Crippen LogP contribution in [-0.4, -0.2) is 62.9 Å². The minimum absolute atomic E-state index is 0.651. The van der Waals surface area contributed by atoms with Crippen LogP contribution in [-0.2, 0) is 15.2 Å². The molecular weight excluding hydrogens is 356 g/mol. The van der Waals surface area contributed by atoms with Gasteiger partial charge in [-0.05, 0) is 34.1 Å². The third-order valence-electron chi connectivity index (χ3n) is 3.15. The average Bonchev–Trinajstić information content (AvgIpc) is 2.50. The van der Waals surface area contributed by atoms with Crippen LogP contribution in [0.5, 0.6) is 0 Å². The predicted octanol–water partition coefficient (Wildman–Crippen LogP) is 3.61. The van der Waals surface area contributed by atoms with Gasteiger partial charge in [0, 0.05) is 13.0 Å². The standard InChI is InChI=1S/C15H31NO.C3H9N.H2O4S/c1-2-3-4-5-6-7-8-9-10-11-13-16-14-12-15-17;1-4(2)3;1-5(2,3)4/h15-16H,2-14H2,1H3;1-3H3;(H2,1,2,3,4). The maximum absolute atomic E-state index is 10.1. The van der Waals surface area contributed by atoms with Gasteiger partial charge in [0.1, 0.15) is 6.29 Å². The third-order valence-corrected chi connectivity index (χ3v) is 3.15. The van der Waals surface area contributed by atoms with Crippen LogP contribution >= 0.6 is 0 Å². The van der Waals surface area contributed by atoms with E-state index in [4.69, 9.17) is 17.5 Å². The van der Waals surface area contributed by atoms with Gasteiger partial charge in [-0.25, -0.2) is 0 Å². The molecule has 0 aromatic heterocycles. The first-order chi connectivity index (χ1) is 12.1. The second-order valence-electron chi connectivity index (χ2n) is 6.68. The van der Waals surface area contributed by atoms with Crippen molar-refractivity contribution in [1.29, 1.82) is 0 Å². The van der Waals surface area contributed by atoms with Crippen molar-refractivity contribution in [2.75, 3.05) is 34.2 Å². The Bertz CT molecular complexity index is 352. The van der Waals surface area contributed by atoms with Crippen LogP contribution in [0, 0.1) is 0 Å². The van der Waals surface area contributed by atoms with Gasteiger partial charge in [0.2, 0.25) is 0 Å². The molecule has 3 N–H and O–H groups in total. The fourth-order valence-electron chi connectivity index (χ4n) is 2.02. The molecule has 0 aromatic rings. The fraction of sp³-hybridized carbons (Fsp3) is 0.944. The van der Waals surface area contributed by atoms with Crippen molar-refractivity contribution in [3.63, 3.8) is 0 Å². The highest BCUT2D eigenvalue weighted by Gasteiger charge is 1.92. The highest BCUT2D eigenvalue weighted by Crippen LogP contribution is 2.10. The van der Waals surface area contributed by atoms with E-state index in [0.29, 0.717) is 6.42 Å². The molecule has 0 unspecified atom stereocenters. The zero-order valence-electron chi connectivity index (χ0n) is 17.2. The molecule has 0 aromatic carbocycles. The van der Waals surface area contributed by atoms with Crippen LogP contribution in [0.15, 0.2) is 0 Å². The number of carbonyl (C=O) groups excluding carboxylic acids is 1. The average molecular weight is 399 g/mol. The van der Waals surface area contributed by atoms with Crippen molar-refractivity contribution < 1.29 is 22.3 Å². The summed E-state index contributed by atoms with van der Waals surface area (Å²) >= 11 is 0. The zero-order chi connectivity index (χ0) is 20.7. The first-order valence-electron chi connectivity index (χ1n) is 9.60. The van der Waals surface area contributed by atoms with Crippen molar-refractivity contribution in [3.8, 4) is 0 Å². The van der Waals surface area contributed by atoms with E-state index >= 15 is 0 Å². The molecule has 7 nitrogen and oxygen atoms in total. The summed E-state index contributed by atoms with van der Waals surface area (Å²) < 4.78 is 31.6. The minimum Gasteiger partial charge on any atom is -0.316 e. The second kappa shape index (κ2) is 24.5. The Morgan fingerprint density at radius 1 is 0.808 bits per heavy atom. The molecule has 26 heavy (non-hydrogen) atoms. The van der Waals surface area contributed by atoms with E-state index < -0.39 is 10.4 Å². The first-order valence-corrected chi connectivity index (χ1v) is 11.0. The summed E-state index contributed by atoms with van der Waals surface area (Å²) in [6, 6.07) is 0. The maximum atomic E-state index is 10.1. The molecular formula is C18H42N2O5S. The van der Waals surface area contributed by atoms with Crippen molar-refractivity contribution in [2.45, 2.75) is 77.6 Å². The minimum atomic E-state index is -4.67. The molecule has 160 valence electrons. The second-order valence-corrected chi connectivity index (χ2v) is 7.57. The Labute approximate surface area is 161 Å². The predicted molar refractivity (Wildman–Crippen MR) is 109 cm³/mol. The van der Waals surface area contributed by atoms with Crippen LogP contribution in [0.2, 0.25) is 0 Å². The molecule has 0 aliphatic heterocycles. The summed E-state index contributed by atoms with van der Waals surface area (Å²) in [5.41, 5.74) is 0. The van der Waals surface area contributed by atoms with Gasteiger partial charge in [-0.15, -0.1) is 0 Å². The molecule has 0 rings (SSSR count). The Hall–Kier alpha value is -0.540. The van der Waals surface area contributed by atoms with E-state index in [9.17, 15) is 4.79 Å². The summed E-state index contributed by atoms with van der Waals surface area (Å²) in [5.74, 6) is 0. The van der Waals surface area contributed by atoms with E-state index in [1.165, 1.54) is 64.2 Å². The molecule has 0 heterocycles. The smallest absolute Gasteiger partial charge is 0.316 e. The number of aldehydes is 1. The van der Waals surface area contributed by atoms with Crippen molar-refractivity contribution in [1.82, 2.24) is 10.2 Å². The van der Waals surface area contributed by atoms with Crippen LogP contribution in [0.25, 0.3) is 0 Å². The largest absolute Gasteiger partial charge is 0.394 e. The highest BCUT2D eigenvalue weighted by atomic mass is 32.3. The third kappa shape index (κ3) is 65.3. The summed E-state index contributed by atoms with van der Waals surface area (Å²) in [4.78, 5) is 12.1. The summed E-state index contributed by atoms with van der Waals surface area (Å²) in [6.45, 7) is 4.19. The van der Waals surface area contributed by atoms with Gasteiger partial charge in [-0.3, -0.25) is 9.11 Å². The number of unbranched alkanes of at least 4 members (excludes halogenated alkanes) is 9. The summed E-state index contributed by atoms with van der Waals surface area (Å²) in [7, 11) is 1.33. The molecule has 0 saturated carbocycles. The van der Waals surface area contributed by atoms with E-state index in [1.807, 2.05) is 26.0 Å². The SMILES string of the molecule is CCCCCCCCCCCCNCCC=O.CN(C)C.O=S(=O)(O)O. The Balaban J connectivity index is -0.000000484. The van der Waals surface area contributed by atoms with E-state index in [-0.39, 0.29) is 0 Å². The molecule has 0 atom stereocenters. The van der Waals surface area contributed by atoms with Gasteiger partial charge >= 0.3 is 10.4 Å². The normalized spacial score (nSPS) is 10.6. The number of hydrogen-bond donors (Lipinski definition) is 3. The zero-order valence-corrected chi connectivity index (χ0v) is 18.1. The number of carbonyl (C=O) groups is 1. The fourth-order valence-corrected chi connectivity index (χ4v) is 2.02. The number of hydrogen-bond acceptors (Lipinski definition) is 5. The molecule has 0 aliphatic rings. The maximum Gasteiger partial charge on any atom is 0.394 e. The summed E-state index contributed by atoms with van der Waals surface area (Å²) in [6.07, 6.45) is 15.5. The molecule has 0 amide bonds. The van der Waals surface area contributed by atoms with E-state index in [1.54, 1.807) is 0 Å². The number of nitrogens with zero attached hydrogens (tertiary/aromatic N) is 1. The Morgan fingerprint density at radius 3 is 1.50 bits per heavy atom. The topological polar surface area (TPSA) is 107 Å². The van der Waals surface area contributed by atoms with Gasteiger partial charge in [-0.2, -0.15) is 8.42 Å². The lowest BCUT2D eigenvalue weighted by atomic mass is 10.1. The lowest BCUT2D eigenvalue weighted by Crippen LogP contribution is -2.16. The Kier molecular flexibility index (Phi) is 28.4. The van der Waals surface area contributed by atoms with Crippen LogP contribution < -0.4 is 5.32 Å². The molecule has 8 heteroatoms. The van der Waals surface area contributed by atoms with E-state index in [2.05, 4.69) is 12.2 Å². The lowest BCUT2D eigenvalue weighted by Gasteiger charge is -2.03. The summed E-state index contributed by atoms with van der Waals surface area (Å²) in [5, 5.41) is 3.28. The molecule has 0 saturated heterocycles. The molecule has 0 fully saturated rings. The van der Waals surface area contributed by atoms with Gasteiger partial charge < -0.3 is 15.0 Å². The van der Waals surface area contributed by atoms with Gasteiger partial charge in [-0.1, -0.05) is 64.7 Å². The molecule has 0 bridgehead atoms. The lowest BCUT2D eigenvalue weighted by molar-refractivity contribution is -0.107. The molecule has 0 spiro atoms. The van der Waals surface area contributed by atoms with E-state index in [0.717, 1.165) is 19.4 Å².